The van der Waals surface area contributed by atoms with E-state index in [2.05, 4.69) is 15.0 Å². The Morgan fingerprint density at radius 1 is 0.481 bits per heavy atom. The van der Waals surface area contributed by atoms with Gasteiger partial charge in [0.15, 0.2) is 0 Å². The minimum absolute atomic E-state index is 0. The number of benzene rings is 1. The van der Waals surface area contributed by atoms with E-state index in [1.54, 1.807) is 0 Å². The Morgan fingerprint density at radius 3 is 0.704 bits per heavy atom. The highest BCUT2D eigenvalue weighted by atomic mass is 15.0. The Morgan fingerprint density at radius 2 is 0.593 bits per heavy atom. The molecule has 0 amide bonds. The Labute approximate surface area is 172 Å². The summed E-state index contributed by atoms with van der Waals surface area (Å²) in [4.78, 5) is 14.0. The first kappa shape index (κ1) is 40.0. The number of rotatable bonds is 0. The van der Waals surface area contributed by atoms with Crippen LogP contribution in [-0.4, -0.2) is 41.0 Å². The molecule has 0 aliphatic carbocycles. The number of aryl methyl sites for hydroxylation is 3. The van der Waals surface area contributed by atoms with Gasteiger partial charge in [-0.1, -0.05) is 92.8 Å². The third-order valence-electron chi connectivity index (χ3n) is 1.64. The molecule has 4 heteroatoms. The van der Waals surface area contributed by atoms with Crippen molar-refractivity contribution in [1.82, 2.24) is 19.9 Å². The fourth-order valence-corrected chi connectivity index (χ4v) is 1.16. The van der Waals surface area contributed by atoms with E-state index in [0.29, 0.717) is 0 Å². The van der Waals surface area contributed by atoms with Gasteiger partial charge in [-0.2, -0.15) is 0 Å². The van der Waals surface area contributed by atoms with E-state index in [0.717, 1.165) is 17.5 Å². The third kappa shape index (κ3) is 45.4. The maximum absolute atomic E-state index is 4.01. The van der Waals surface area contributed by atoms with Gasteiger partial charge in [-0.3, -0.25) is 0 Å². The highest BCUT2D eigenvalue weighted by Crippen LogP contribution is 1.90. The van der Waals surface area contributed by atoms with E-state index in [1.165, 1.54) is 0 Å². The van der Waals surface area contributed by atoms with Crippen LogP contribution in [0.1, 0.15) is 73.9 Å². The van der Waals surface area contributed by atoms with Crippen LogP contribution in [0.3, 0.4) is 0 Å². The lowest BCUT2D eigenvalue weighted by atomic mass is 10.4. The van der Waals surface area contributed by atoms with Crippen LogP contribution in [0.15, 0.2) is 36.4 Å². The van der Waals surface area contributed by atoms with Gasteiger partial charge in [0.25, 0.3) is 0 Å². The maximum Gasteiger partial charge on any atom is 0.129 e. The van der Waals surface area contributed by atoms with E-state index in [4.69, 9.17) is 0 Å². The Hall–Kier alpha value is -1.81. The average Bonchev–Trinajstić information content (AvgIpc) is 2.61. The van der Waals surface area contributed by atoms with Gasteiger partial charge in [0.2, 0.25) is 0 Å². The quantitative estimate of drug-likeness (QED) is 0.491. The van der Waals surface area contributed by atoms with Gasteiger partial charge in [-0.15, -0.1) is 0 Å². The van der Waals surface area contributed by atoms with E-state index in [-0.39, 0.29) is 14.9 Å². The van der Waals surface area contributed by atoms with Crippen molar-refractivity contribution in [3.63, 3.8) is 0 Å². The number of hydrogen-bond donors (Lipinski definition) is 0. The molecule has 1 aromatic carbocycles. The SMILES string of the molecule is C.C.CC.CC.CC.CN(C)C.Cc1nc(C)nc(C)n1.c1ccccc1. The molecule has 0 atom stereocenters. The molecule has 1 heterocycles. The highest BCUT2D eigenvalue weighted by Gasteiger charge is 1.91. The van der Waals surface area contributed by atoms with Gasteiger partial charge in [-0.05, 0) is 41.9 Å². The van der Waals surface area contributed by atoms with Gasteiger partial charge in [0.05, 0.1) is 0 Å². The predicted octanol–water partition coefficient (Wildman–Crippen LogP) is 7.01. The Bertz CT molecular complexity index is 363. The molecule has 4 nitrogen and oxygen atoms in total. The zero-order valence-corrected chi connectivity index (χ0v) is 18.8. The second-order valence-corrected chi connectivity index (χ2v) is 4.47. The molecular formula is C23H50N4. The average molecular weight is 383 g/mol. The summed E-state index contributed by atoms with van der Waals surface area (Å²) in [6.07, 6.45) is 0. The molecule has 2 aromatic rings. The lowest BCUT2D eigenvalue weighted by molar-refractivity contribution is 0.505. The molecule has 27 heavy (non-hydrogen) atoms. The summed E-state index contributed by atoms with van der Waals surface area (Å²) < 4.78 is 0. The van der Waals surface area contributed by atoms with Crippen LogP contribution in [0.2, 0.25) is 0 Å². The predicted molar refractivity (Wildman–Crippen MR) is 128 cm³/mol. The standard InChI is InChI=1S/C6H9N3.C6H6.C3H9N.3C2H6.2CH4/c1-4-7-5(2)9-6(3)8-4;1-2-4-6-5-3-1;1-4(2)3;3*1-2;;/h1-3H3;1-6H;1-3H3;3*1-2H3;2*1H4. The Balaban J connectivity index is -0.0000000544. The van der Waals surface area contributed by atoms with Crippen molar-refractivity contribution in [3.05, 3.63) is 53.9 Å². The molecule has 0 radical (unpaired) electrons. The minimum atomic E-state index is 0. The molecule has 2 rings (SSSR count). The summed E-state index contributed by atoms with van der Waals surface area (Å²) in [7, 11) is 6.00. The molecule has 0 N–H and O–H groups in total. The third-order valence-corrected chi connectivity index (χ3v) is 1.64. The van der Waals surface area contributed by atoms with Crippen LogP contribution in [-0.2, 0) is 0 Å². The lowest BCUT2D eigenvalue weighted by Crippen LogP contribution is -1.99. The second kappa shape index (κ2) is 35.3. The highest BCUT2D eigenvalue weighted by molar-refractivity contribution is 4.99. The molecule has 0 saturated carbocycles. The summed E-state index contributed by atoms with van der Waals surface area (Å²) in [5, 5.41) is 0. The zero-order valence-electron chi connectivity index (χ0n) is 18.8. The van der Waals surface area contributed by atoms with Crippen molar-refractivity contribution in [2.75, 3.05) is 21.1 Å². The molecule has 0 aliphatic rings. The van der Waals surface area contributed by atoms with Crippen LogP contribution in [0.5, 0.6) is 0 Å². The fourth-order valence-electron chi connectivity index (χ4n) is 1.16. The smallest absolute Gasteiger partial charge is 0.129 e. The summed E-state index contributed by atoms with van der Waals surface area (Å²) in [5.74, 6) is 2.38. The molecule has 0 spiro atoms. The normalized spacial score (nSPS) is 7.00. The van der Waals surface area contributed by atoms with Crippen LogP contribution in [0.4, 0.5) is 0 Å². The number of nitrogens with zero attached hydrogens (tertiary/aromatic N) is 4. The summed E-state index contributed by atoms with van der Waals surface area (Å²) in [6.45, 7) is 17.6. The van der Waals surface area contributed by atoms with E-state index in [1.807, 2.05) is 125 Å². The summed E-state index contributed by atoms with van der Waals surface area (Å²) >= 11 is 0. The molecule has 0 bridgehead atoms. The van der Waals surface area contributed by atoms with Crippen molar-refractivity contribution >= 4 is 0 Å². The van der Waals surface area contributed by atoms with Gasteiger partial charge in [-0.25, -0.2) is 15.0 Å². The van der Waals surface area contributed by atoms with Crippen molar-refractivity contribution in [2.45, 2.75) is 77.2 Å². The van der Waals surface area contributed by atoms with E-state index < -0.39 is 0 Å². The van der Waals surface area contributed by atoms with Crippen LogP contribution in [0, 0.1) is 20.8 Å². The fraction of sp³-hybridized carbons (Fsp3) is 0.609. The Kier molecular flexibility index (Phi) is 52.4. The first-order chi connectivity index (χ1) is 11.9. The first-order valence-corrected chi connectivity index (χ1v) is 9.18. The molecule has 0 aliphatic heterocycles. The van der Waals surface area contributed by atoms with Gasteiger partial charge in [0.1, 0.15) is 17.5 Å². The summed E-state index contributed by atoms with van der Waals surface area (Å²) in [5.41, 5.74) is 0. The monoisotopic (exact) mass is 382 g/mol. The second-order valence-electron chi connectivity index (χ2n) is 4.47. The van der Waals surface area contributed by atoms with Crippen molar-refractivity contribution in [1.29, 1.82) is 0 Å². The van der Waals surface area contributed by atoms with Crippen molar-refractivity contribution in [2.24, 2.45) is 0 Å². The van der Waals surface area contributed by atoms with E-state index >= 15 is 0 Å². The largest absolute Gasteiger partial charge is 0.312 e. The topological polar surface area (TPSA) is 41.9 Å². The van der Waals surface area contributed by atoms with Gasteiger partial charge in [0, 0.05) is 0 Å². The van der Waals surface area contributed by atoms with Gasteiger partial charge < -0.3 is 4.90 Å². The lowest BCUT2D eigenvalue weighted by Gasteiger charge is -1.94. The van der Waals surface area contributed by atoms with Crippen LogP contribution < -0.4 is 0 Å². The zero-order chi connectivity index (χ0) is 20.7. The minimum Gasteiger partial charge on any atom is -0.312 e. The number of aromatic nitrogens is 3. The first-order valence-electron chi connectivity index (χ1n) is 9.18. The van der Waals surface area contributed by atoms with Crippen LogP contribution in [0.25, 0.3) is 0 Å². The van der Waals surface area contributed by atoms with Gasteiger partial charge >= 0.3 is 0 Å². The number of hydrogen-bond acceptors (Lipinski definition) is 4. The molecular weight excluding hydrogens is 332 g/mol. The molecule has 0 fully saturated rings. The maximum atomic E-state index is 4.01. The molecule has 0 unspecified atom stereocenters. The van der Waals surface area contributed by atoms with Crippen molar-refractivity contribution in [3.8, 4) is 0 Å². The summed E-state index contributed by atoms with van der Waals surface area (Å²) in [6, 6.07) is 12.0. The van der Waals surface area contributed by atoms with E-state index in [9.17, 15) is 0 Å². The van der Waals surface area contributed by atoms with Crippen LogP contribution >= 0.6 is 0 Å². The molecule has 162 valence electrons. The van der Waals surface area contributed by atoms with Crippen molar-refractivity contribution < 1.29 is 0 Å². The molecule has 0 saturated heterocycles. The molecule has 1 aromatic heterocycles.